The van der Waals surface area contributed by atoms with E-state index >= 15 is 0 Å². The second kappa shape index (κ2) is 12.9. The highest BCUT2D eigenvalue weighted by Crippen LogP contribution is 2.41. The van der Waals surface area contributed by atoms with Gasteiger partial charge < -0.3 is 14.5 Å². The van der Waals surface area contributed by atoms with Gasteiger partial charge in [0.1, 0.15) is 17.1 Å². The highest BCUT2D eigenvalue weighted by molar-refractivity contribution is 6.41. The molecule has 12 heteroatoms. The largest absolute Gasteiger partial charge is 0.457 e. The number of para-hydroxylation sites is 1. The maximum absolute atomic E-state index is 14.2. The minimum absolute atomic E-state index is 0.00836. The van der Waals surface area contributed by atoms with Crippen molar-refractivity contribution >= 4 is 51.9 Å². The second-order valence-electron chi connectivity index (χ2n) is 11.9. The number of rotatable bonds is 8. The van der Waals surface area contributed by atoms with Gasteiger partial charge in [0.15, 0.2) is 11.4 Å². The molecule has 10 nitrogen and oxygen atoms in total. The van der Waals surface area contributed by atoms with Gasteiger partial charge in [-0.05, 0) is 64.3 Å². The minimum Gasteiger partial charge on any atom is -0.457 e. The third-order valence-electron chi connectivity index (χ3n) is 7.42. The summed E-state index contributed by atoms with van der Waals surface area (Å²) in [6.45, 7) is 5.53. The number of fused-ring (bicyclic) bond motifs is 1. The predicted octanol–water partition coefficient (Wildman–Crippen LogP) is 7.56. The van der Waals surface area contributed by atoms with E-state index in [1.807, 2.05) is 39.0 Å². The number of hydrogen-bond acceptors (Lipinski definition) is 8. The van der Waals surface area contributed by atoms with Crippen molar-refractivity contribution in [1.29, 1.82) is 5.26 Å². The predicted molar refractivity (Wildman–Crippen MR) is 170 cm³/mol. The first-order chi connectivity index (χ1) is 21.4. The van der Waals surface area contributed by atoms with Gasteiger partial charge >= 0.3 is 6.09 Å². The van der Waals surface area contributed by atoms with Gasteiger partial charge in [-0.25, -0.2) is 15.2 Å². The monoisotopic (exact) mass is 647 g/mol. The number of amides is 1. The van der Waals surface area contributed by atoms with Gasteiger partial charge in [0.25, 0.3) is 0 Å². The Hall–Kier alpha value is -4.43. The quantitative estimate of drug-likeness (QED) is 0.131. The van der Waals surface area contributed by atoms with Crippen molar-refractivity contribution in [3.8, 4) is 17.6 Å². The van der Waals surface area contributed by atoms with E-state index in [2.05, 4.69) is 26.9 Å². The lowest BCUT2D eigenvalue weighted by atomic mass is 9.74. The van der Waals surface area contributed by atoms with E-state index in [4.69, 9.17) is 32.7 Å². The molecule has 2 unspecified atom stereocenters. The number of carbonyl (C=O) groups excluding carboxylic acids is 3. The molecule has 5 rings (SSSR count). The van der Waals surface area contributed by atoms with Crippen LogP contribution in [0.5, 0.6) is 11.5 Å². The van der Waals surface area contributed by atoms with Crippen molar-refractivity contribution in [1.82, 2.24) is 20.8 Å². The van der Waals surface area contributed by atoms with E-state index in [0.29, 0.717) is 24.3 Å². The number of aromatic nitrogens is 2. The SMILES string of the molecule is CC(C)(C)NNC(=O)OC1(C(=O)c2cnc3[nH]cc(C(=O)c4ccc(Oc5ccccc5)cc4Cl)c3c2Cl)CCCC(C#N)C1. The first-order valence-corrected chi connectivity index (χ1v) is 15.1. The van der Waals surface area contributed by atoms with Crippen LogP contribution in [0.2, 0.25) is 10.0 Å². The zero-order valence-electron chi connectivity index (χ0n) is 24.9. The van der Waals surface area contributed by atoms with Crippen LogP contribution in [0.25, 0.3) is 11.0 Å². The summed E-state index contributed by atoms with van der Waals surface area (Å²) in [6.07, 6.45) is 3.09. The average molecular weight is 649 g/mol. The number of ketones is 2. The maximum Gasteiger partial charge on any atom is 0.422 e. The van der Waals surface area contributed by atoms with Gasteiger partial charge in [-0.3, -0.25) is 15.0 Å². The molecule has 45 heavy (non-hydrogen) atoms. The van der Waals surface area contributed by atoms with Crippen LogP contribution in [0.1, 0.15) is 72.7 Å². The summed E-state index contributed by atoms with van der Waals surface area (Å²) < 4.78 is 11.6. The van der Waals surface area contributed by atoms with Crippen LogP contribution in [-0.4, -0.2) is 38.8 Å². The topological polar surface area (TPSA) is 146 Å². The molecule has 1 aliphatic carbocycles. The molecule has 232 valence electrons. The van der Waals surface area contributed by atoms with Crippen molar-refractivity contribution in [2.24, 2.45) is 5.92 Å². The van der Waals surface area contributed by atoms with Crippen molar-refractivity contribution in [3.05, 3.63) is 87.7 Å². The molecule has 1 amide bonds. The number of carbonyl (C=O) groups is 3. The first kappa shape index (κ1) is 32.0. The van der Waals surface area contributed by atoms with Gasteiger partial charge in [0.05, 0.1) is 33.2 Å². The number of hydrazine groups is 1. The number of nitrogens with one attached hydrogen (secondary N) is 3. The molecule has 0 aliphatic heterocycles. The molecule has 2 aromatic carbocycles. The van der Waals surface area contributed by atoms with Gasteiger partial charge in [-0.15, -0.1) is 0 Å². The first-order valence-electron chi connectivity index (χ1n) is 14.3. The van der Waals surface area contributed by atoms with Gasteiger partial charge in [0.2, 0.25) is 5.78 Å². The van der Waals surface area contributed by atoms with Gasteiger partial charge in [-0.1, -0.05) is 41.4 Å². The normalized spacial score (nSPS) is 18.2. The molecule has 2 aromatic heterocycles. The fourth-order valence-corrected chi connectivity index (χ4v) is 5.87. The lowest BCUT2D eigenvalue weighted by molar-refractivity contribution is -0.0129. The van der Waals surface area contributed by atoms with Crippen LogP contribution in [0, 0.1) is 17.2 Å². The Balaban J connectivity index is 1.48. The Morgan fingerprint density at radius 1 is 1.07 bits per heavy atom. The molecular weight excluding hydrogens is 617 g/mol. The lowest BCUT2D eigenvalue weighted by Gasteiger charge is -2.37. The van der Waals surface area contributed by atoms with Crippen LogP contribution < -0.4 is 15.6 Å². The fraction of sp³-hybridized carbons (Fsp3) is 0.303. The number of halogens is 2. The lowest BCUT2D eigenvalue weighted by Crippen LogP contribution is -2.54. The zero-order chi connectivity index (χ0) is 32.4. The summed E-state index contributed by atoms with van der Waals surface area (Å²) in [7, 11) is 0. The zero-order valence-corrected chi connectivity index (χ0v) is 26.4. The summed E-state index contributed by atoms with van der Waals surface area (Å²) >= 11 is 13.4. The van der Waals surface area contributed by atoms with E-state index in [1.54, 1.807) is 30.3 Å². The molecule has 1 saturated carbocycles. The number of Topliss-reactive ketones (excluding diaryl/α,β-unsaturated/α-hetero) is 1. The Morgan fingerprint density at radius 2 is 1.82 bits per heavy atom. The van der Waals surface area contributed by atoms with E-state index in [-0.39, 0.29) is 50.6 Å². The highest BCUT2D eigenvalue weighted by Gasteiger charge is 2.48. The third-order valence-corrected chi connectivity index (χ3v) is 8.13. The van der Waals surface area contributed by atoms with E-state index < -0.39 is 34.7 Å². The molecule has 1 fully saturated rings. The fourth-order valence-electron chi connectivity index (χ4n) is 5.29. The van der Waals surface area contributed by atoms with E-state index in [9.17, 15) is 19.6 Å². The average Bonchev–Trinajstić information content (AvgIpc) is 3.45. The van der Waals surface area contributed by atoms with Crippen LogP contribution in [0.15, 0.2) is 60.9 Å². The highest BCUT2D eigenvalue weighted by atomic mass is 35.5. The van der Waals surface area contributed by atoms with E-state index in [0.717, 1.165) is 0 Å². The molecule has 0 spiro atoms. The Kier molecular flexibility index (Phi) is 9.16. The number of aromatic amines is 1. The standard InChI is InChI=1S/C33H31Cl2N5O5/c1-32(2,3)40-39-31(43)45-33(13-7-8-19(15-33)16-36)29(42)24-18-38-30-26(27(24)35)23(17-37-30)28(41)22-12-11-21(14-25(22)34)44-20-9-5-4-6-10-20/h4-6,9-12,14,17-19,40H,7-8,13,15H2,1-3H3,(H,37,38)(H,39,43). The van der Waals surface area contributed by atoms with Crippen LogP contribution in [0.3, 0.4) is 0 Å². The van der Waals surface area contributed by atoms with Gasteiger partial charge in [0, 0.05) is 41.4 Å². The summed E-state index contributed by atoms with van der Waals surface area (Å²) in [5.41, 5.74) is 3.74. The minimum atomic E-state index is -1.67. The summed E-state index contributed by atoms with van der Waals surface area (Å²) in [6, 6.07) is 16.1. The number of hydrogen-bond donors (Lipinski definition) is 3. The van der Waals surface area contributed by atoms with Crippen molar-refractivity contribution in [2.75, 3.05) is 0 Å². The number of H-pyrrole nitrogens is 1. The Morgan fingerprint density at radius 3 is 2.51 bits per heavy atom. The van der Waals surface area contributed by atoms with Crippen molar-refractivity contribution in [2.45, 2.75) is 57.6 Å². The molecule has 0 saturated heterocycles. The number of benzene rings is 2. The molecule has 0 radical (unpaired) electrons. The molecule has 2 atom stereocenters. The number of nitrogens with zero attached hydrogens (tertiary/aromatic N) is 2. The molecule has 2 heterocycles. The van der Waals surface area contributed by atoms with Gasteiger partial charge in [-0.2, -0.15) is 5.26 Å². The molecule has 4 aromatic rings. The van der Waals surface area contributed by atoms with Crippen molar-refractivity contribution < 1.29 is 23.9 Å². The Bertz CT molecular complexity index is 1810. The smallest absolute Gasteiger partial charge is 0.422 e. The molecular formula is C33H31Cl2N5O5. The Labute approximate surface area is 270 Å². The summed E-state index contributed by atoms with van der Waals surface area (Å²) in [5.74, 6) is -0.506. The second-order valence-corrected chi connectivity index (χ2v) is 12.7. The van der Waals surface area contributed by atoms with Crippen molar-refractivity contribution in [3.63, 3.8) is 0 Å². The van der Waals surface area contributed by atoms with Crippen LogP contribution in [0.4, 0.5) is 4.79 Å². The number of pyridine rings is 1. The number of nitriles is 1. The molecule has 3 N–H and O–H groups in total. The maximum atomic E-state index is 14.2. The van der Waals surface area contributed by atoms with Crippen LogP contribution in [-0.2, 0) is 4.74 Å². The molecule has 1 aliphatic rings. The van der Waals surface area contributed by atoms with Crippen LogP contribution >= 0.6 is 23.2 Å². The summed E-state index contributed by atoms with van der Waals surface area (Å²) in [4.78, 5) is 48.1. The number of ether oxygens (including phenoxy) is 2. The summed E-state index contributed by atoms with van der Waals surface area (Å²) in [5, 5.41) is 10.0. The van der Waals surface area contributed by atoms with E-state index in [1.165, 1.54) is 12.4 Å². The molecule has 0 bridgehead atoms. The third kappa shape index (κ3) is 6.96.